The van der Waals surface area contributed by atoms with E-state index in [9.17, 15) is 0 Å². The summed E-state index contributed by atoms with van der Waals surface area (Å²) in [7, 11) is 0. The number of hydrogen-bond acceptors (Lipinski definition) is 3. The van der Waals surface area contributed by atoms with Gasteiger partial charge in [-0.25, -0.2) is 0 Å². The van der Waals surface area contributed by atoms with Gasteiger partial charge < -0.3 is 13.9 Å². The average molecular weight is 390 g/mol. The molecular weight excluding hydrogens is 371 g/mol. The third kappa shape index (κ3) is 4.40. The Balaban J connectivity index is 1.56. The number of furan rings is 1. The molecule has 3 rings (SSSR count). The molecule has 1 aromatic heterocycles. The van der Waals surface area contributed by atoms with Crippen molar-refractivity contribution in [2.75, 3.05) is 13.2 Å². The van der Waals surface area contributed by atoms with Crippen LogP contribution in [0.4, 0.5) is 0 Å². The predicted octanol–water partition coefficient (Wildman–Crippen LogP) is 5.38. The molecule has 3 nitrogen and oxygen atoms in total. The van der Waals surface area contributed by atoms with Gasteiger partial charge in [0.05, 0.1) is 24.5 Å². The Labute approximate surface area is 156 Å². The highest BCUT2D eigenvalue weighted by Crippen LogP contribution is 2.40. The predicted molar refractivity (Wildman–Crippen MR) is 96.2 cm³/mol. The van der Waals surface area contributed by atoms with Gasteiger partial charge in [-0.3, -0.25) is 0 Å². The van der Waals surface area contributed by atoms with E-state index in [4.69, 9.17) is 48.7 Å². The number of benzene rings is 1. The molecule has 6 heteroatoms. The summed E-state index contributed by atoms with van der Waals surface area (Å²) in [4.78, 5) is 0. The van der Waals surface area contributed by atoms with Crippen molar-refractivity contribution in [1.82, 2.24) is 0 Å². The van der Waals surface area contributed by atoms with Gasteiger partial charge >= 0.3 is 0 Å². The maximum atomic E-state index is 6.48. The first-order chi connectivity index (χ1) is 11.6. The Bertz CT molecular complexity index is 632. The molecule has 0 aliphatic heterocycles. The van der Waals surface area contributed by atoms with Crippen molar-refractivity contribution in [3.05, 3.63) is 53.4 Å². The van der Waals surface area contributed by atoms with Crippen LogP contribution in [0.15, 0.2) is 47.1 Å². The zero-order chi connectivity index (χ0) is 16.9. The smallest absolute Gasteiger partial charge is 0.137 e. The van der Waals surface area contributed by atoms with Crippen LogP contribution in [-0.2, 0) is 11.3 Å². The molecule has 0 N–H and O–H groups in total. The lowest BCUT2D eigenvalue weighted by atomic mass is 9.97. The molecule has 1 aliphatic rings. The second kappa shape index (κ2) is 8.48. The maximum absolute atomic E-state index is 6.48. The zero-order valence-corrected chi connectivity index (χ0v) is 15.3. The van der Waals surface area contributed by atoms with E-state index in [1.165, 1.54) is 0 Å². The Kier molecular flexibility index (Phi) is 6.34. The highest BCUT2D eigenvalue weighted by Gasteiger charge is 2.42. The van der Waals surface area contributed by atoms with Crippen LogP contribution in [0.3, 0.4) is 0 Å². The number of halogens is 3. The molecule has 1 heterocycles. The lowest BCUT2D eigenvalue weighted by Crippen LogP contribution is -2.28. The number of ether oxygens (including phenoxy) is 2. The van der Waals surface area contributed by atoms with Crippen molar-refractivity contribution in [3.63, 3.8) is 0 Å². The first-order valence-electron chi connectivity index (χ1n) is 7.90. The van der Waals surface area contributed by atoms with E-state index >= 15 is 0 Å². The molecule has 4 atom stereocenters. The van der Waals surface area contributed by atoms with Crippen molar-refractivity contribution in [2.45, 2.75) is 23.8 Å². The number of rotatable bonds is 7. The van der Waals surface area contributed by atoms with E-state index in [1.807, 2.05) is 30.3 Å². The third-order valence-electron chi connectivity index (χ3n) is 4.33. The van der Waals surface area contributed by atoms with Crippen LogP contribution in [0, 0.1) is 11.8 Å². The fraction of sp³-hybridized carbons (Fsp3) is 0.444. The Morgan fingerprint density at radius 3 is 2.46 bits per heavy atom. The maximum Gasteiger partial charge on any atom is 0.137 e. The Hall–Kier alpha value is -0.870. The quantitative estimate of drug-likeness (QED) is 0.596. The van der Waals surface area contributed by atoms with Gasteiger partial charge in [-0.2, -0.15) is 0 Å². The molecular formula is C18H19Cl3O3. The van der Waals surface area contributed by atoms with Crippen LogP contribution in [0.1, 0.15) is 12.2 Å². The Morgan fingerprint density at radius 2 is 1.75 bits per heavy atom. The summed E-state index contributed by atoms with van der Waals surface area (Å²) >= 11 is 19.1. The van der Waals surface area contributed by atoms with Crippen molar-refractivity contribution < 1.29 is 13.9 Å². The van der Waals surface area contributed by atoms with Gasteiger partial charge in [0.25, 0.3) is 0 Å². The molecule has 0 amide bonds. The molecule has 1 aliphatic carbocycles. The van der Waals surface area contributed by atoms with Crippen molar-refractivity contribution >= 4 is 34.8 Å². The van der Waals surface area contributed by atoms with Gasteiger partial charge in [0.2, 0.25) is 0 Å². The number of hydrogen-bond donors (Lipinski definition) is 0. The van der Waals surface area contributed by atoms with E-state index in [2.05, 4.69) is 0 Å². The van der Waals surface area contributed by atoms with Crippen LogP contribution < -0.4 is 4.74 Å². The first kappa shape index (κ1) is 17.9. The summed E-state index contributed by atoms with van der Waals surface area (Å²) < 4.78 is 16.9. The van der Waals surface area contributed by atoms with E-state index in [-0.39, 0.29) is 22.6 Å². The van der Waals surface area contributed by atoms with E-state index in [0.29, 0.717) is 30.6 Å². The van der Waals surface area contributed by atoms with Crippen LogP contribution >= 0.6 is 34.8 Å². The molecule has 1 fully saturated rings. The molecule has 2 aromatic rings. The summed E-state index contributed by atoms with van der Waals surface area (Å²) in [6, 6.07) is 11.1. The molecule has 0 spiro atoms. The molecule has 1 saturated carbocycles. The monoisotopic (exact) mass is 388 g/mol. The highest BCUT2D eigenvalue weighted by atomic mass is 35.5. The molecule has 0 bridgehead atoms. The van der Waals surface area contributed by atoms with Gasteiger partial charge in [0.1, 0.15) is 18.1 Å². The molecule has 0 radical (unpaired) electrons. The van der Waals surface area contributed by atoms with Crippen LogP contribution in [0.25, 0.3) is 0 Å². The SMILES string of the molecule is Clc1ccccc1OC[C@H]1C(Cl)CC(Cl)[C@@H]1COCc1ccco1. The minimum atomic E-state index is -0.0350. The molecule has 130 valence electrons. The zero-order valence-electron chi connectivity index (χ0n) is 13.0. The van der Waals surface area contributed by atoms with Crippen molar-refractivity contribution in [2.24, 2.45) is 11.8 Å². The standard InChI is InChI=1S/C18H19Cl3O3/c19-15-5-1-2-6-18(15)24-11-14-13(16(20)8-17(14)21)10-22-9-12-4-3-7-23-12/h1-7,13-14,16-17H,8-11H2/t13-,14-,16?,17?/m1/s1. The lowest BCUT2D eigenvalue weighted by molar-refractivity contribution is 0.0563. The number of para-hydroxylation sites is 1. The van der Waals surface area contributed by atoms with Crippen LogP contribution in [0.5, 0.6) is 5.75 Å². The van der Waals surface area contributed by atoms with Gasteiger partial charge in [-0.1, -0.05) is 23.7 Å². The molecule has 2 unspecified atom stereocenters. The molecule has 24 heavy (non-hydrogen) atoms. The van der Waals surface area contributed by atoms with Crippen molar-refractivity contribution in [1.29, 1.82) is 0 Å². The van der Waals surface area contributed by atoms with Gasteiger partial charge in [-0.05, 0) is 30.7 Å². The Morgan fingerprint density at radius 1 is 1.00 bits per heavy atom. The highest BCUT2D eigenvalue weighted by molar-refractivity contribution is 6.32. The average Bonchev–Trinajstić information content (AvgIpc) is 3.16. The second-order valence-corrected chi connectivity index (χ2v) is 7.46. The largest absolute Gasteiger partial charge is 0.492 e. The summed E-state index contributed by atoms with van der Waals surface area (Å²) in [5.41, 5.74) is 0. The summed E-state index contributed by atoms with van der Waals surface area (Å²) in [5.74, 6) is 1.70. The number of alkyl halides is 2. The summed E-state index contributed by atoms with van der Waals surface area (Å²) in [6.45, 7) is 1.42. The normalized spacial score (nSPS) is 26.6. The lowest BCUT2D eigenvalue weighted by Gasteiger charge is -2.23. The van der Waals surface area contributed by atoms with Gasteiger partial charge in [-0.15, -0.1) is 23.2 Å². The van der Waals surface area contributed by atoms with Gasteiger partial charge in [0.15, 0.2) is 0 Å². The fourth-order valence-corrected chi connectivity index (χ4v) is 4.18. The first-order valence-corrected chi connectivity index (χ1v) is 9.16. The second-order valence-electron chi connectivity index (χ2n) is 5.93. The van der Waals surface area contributed by atoms with E-state index in [0.717, 1.165) is 12.2 Å². The summed E-state index contributed by atoms with van der Waals surface area (Å²) in [5, 5.41) is 0.533. The minimum absolute atomic E-state index is 0.0241. The summed E-state index contributed by atoms with van der Waals surface area (Å²) in [6.07, 6.45) is 2.38. The third-order valence-corrected chi connectivity index (χ3v) is 5.65. The van der Waals surface area contributed by atoms with Crippen LogP contribution in [-0.4, -0.2) is 24.0 Å². The minimum Gasteiger partial charge on any atom is -0.492 e. The van der Waals surface area contributed by atoms with Gasteiger partial charge in [0, 0.05) is 22.6 Å². The van der Waals surface area contributed by atoms with Crippen molar-refractivity contribution in [3.8, 4) is 5.75 Å². The molecule has 0 saturated heterocycles. The topological polar surface area (TPSA) is 31.6 Å². The molecule has 1 aromatic carbocycles. The van der Waals surface area contributed by atoms with E-state index in [1.54, 1.807) is 12.3 Å². The van der Waals surface area contributed by atoms with Crippen LogP contribution in [0.2, 0.25) is 5.02 Å². The van der Waals surface area contributed by atoms with E-state index < -0.39 is 0 Å². The fourth-order valence-electron chi connectivity index (χ4n) is 3.00.